The number of benzene rings is 2. The van der Waals surface area contributed by atoms with Gasteiger partial charge in [-0.3, -0.25) is 4.79 Å². The molecule has 24 heavy (non-hydrogen) atoms. The Morgan fingerprint density at radius 1 is 1.21 bits per heavy atom. The topological polar surface area (TPSA) is 41.6 Å². The van der Waals surface area contributed by atoms with Crippen molar-refractivity contribution in [1.82, 2.24) is 10.2 Å². The van der Waals surface area contributed by atoms with Gasteiger partial charge in [0.15, 0.2) is 6.61 Å². The third-order valence-electron chi connectivity index (χ3n) is 3.33. The number of nitrogens with one attached hydrogen (secondary N) is 1. The summed E-state index contributed by atoms with van der Waals surface area (Å²) < 4.78 is 18.3. The zero-order valence-electron chi connectivity index (χ0n) is 13.7. The number of ether oxygens (including phenoxy) is 1. The first-order valence-corrected chi connectivity index (χ1v) is 7.89. The number of rotatable bonds is 7. The van der Waals surface area contributed by atoms with E-state index in [9.17, 15) is 9.18 Å². The third kappa shape index (κ3) is 5.51. The summed E-state index contributed by atoms with van der Waals surface area (Å²) in [5.74, 6) is -0.439. The normalized spacial score (nSPS) is 10.7. The van der Waals surface area contributed by atoms with Crippen LogP contribution in [-0.2, 0) is 17.9 Å². The zero-order valence-corrected chi connectivity index (χ0v) is 14.4. The fourth-order valence-corrected chi connectivity index (χ4v) is 2.43. The number of nitrogens with zero attached hydrogens (tertiary/aromatic N) is 1. The van der Waals surface area contributed by atoms with Crippen LogP contribution in [0, 0.1) is 5.82 Å². The predicted octanol–water partition coefficient (Wildman–Crippen LogP) is 3.24. The molecular weight excluding hydrogens is 331 g/mol. The SMILES string of the molecule is CN(C)Cc1ccccc1CNC(=O)COc1ccc(F)cc1Cl. The van der Waals surface area contributed by atoms with Crippen molar-refractivity contribution in [2.75, 3.05) is 20.7 Å². The molecule has 0 aliphatic rings. The van der Waals surface area contributed by atoms with E-state index in [0.717, 1.165) is 23.7 Å². The monoisotopic (exact) mass is 350 g/mol. The molecule has 0 atom stereocenters. The van der Waals surface area contributed by atoms with Crippen molar-refractivity contribution >= 4 is 17.5 Å². The molecule has 0 fully saturated rings. The highest BCUT2D eigenvalue weighted by atomic mass is 35.5. The van der Waals surface area contributed by atoms with Crippen LogP contribution < -0.4 is 10.1 Å². The Kier molecular flexibility index (Phi) is 6.58. The molecule has 0 aliphatic carbocycles. The number of carbonyl (C=O) groups excluding carboxylic acids is 1. The van der Waals surface area contributed by atoms with Gasteiger partial charge in [0.1, 0.15) is 11.6 Å². The van der Waals surface area contributed by atoms with Gasteiger partial charge in [-0.25, -0.2) is 4.39 Å². The number of hydrogen-bond donors (Lipinski definition) is 1. The highest BCUT2D eigenvalue weighted by Gasteiger charge is 2.08. The van der Waals surface area contributed by atoms with Crippen molar-refractivity contribution in [2.45, 2.75) is 13.1 Å². The van der Waals surface area contributed by atoms with E-state index < -0.39 is 5.82 Å². The minimum atomic E-state index is -0.450. The lowest BCUT2D eigenvalue weighted by Crippen LogP contribution is -2.29. The Balaban J connectivity index is 1.87. The van der Waals surface area contributed by atoms with Crippen molar-refractivity contribution in [1.29, 1.82) is 0 Å². The molecule has 0 saturated heterocycles. The first-order chi connectivity index (χ1) is 11.5. The zero-order chi connectivity index (χ0) is 17.5. The molecule has 1 amide bonds. The summed E-state index contributed by atoms with van der Waals surface area (Å²) in [5, 5.41) is 2.95. The lowest BCUT2D eigenvalue weighted by atomic mass is 10.1. The summed E-state index contributed by atoms with van der Waals surface area (Å²) in [6, 6.07) is 11.7. The van der Waals surface area contributed by atoms with E-state index in [2.05, 4.69) is 10.2 Å². The third-order valence-corrected chi connectivity index (χ3v) is 3.63. The molecule has 2 aromatic rings. The smallest absolute Gasteiger partial charge is 0.258 e. The molecule has 2 rings (SSSR count). The van der Waals surface area contributed by atoms with Gasteiger partial charge in [-0.1, -0.05) is 35.9 Å². The average molecular weight is 351 g/mol. The molecule has 2 aromatic carbocycles. The molecule has 0 unspecified atom stereocenters. The summed E-state index contributed by atoms with van der Waals surface area (Å²) >= 11 is 5.85. The van der Waals surface area contributed by atoms with Crippen LogP contribution in [0.2, 0.25) is 5.02 Å². The van der Waals surface area contributed by atoms with Gasteiger partial charge in [-0.2, -0.15) is 0 Å². The molecular formula is C18H20ClFN2O2. The van der Waals surface area contributed by atoms with Crippen LogP contribution in [0.4, 0.5) is 4.39 Å². The second kappa shape index (κ2) is 8.66. The lowest BCUT2D eigenvalue weighted by Gasteiger charge is -2.15. The van der Waals surface area contributed by atoms with Crippen LogP contribution in [0.1, 0.15) is 11.1 Å². The summed E-state index contributed by atoms with van der Waals surface area (Å²) in [6.45, 7) is 1.04. The van der Waals surface area contributed by atoms with Crippen molar-refractivity contribution < 1.29 is 13.9 Å². The fourth-order valence-electron chi connectivity index (χ4n) is 2.21. The molecule has 0 aliphatic heterocycles. The van der Waals surface area contributed by atoms with Crippen LogP contribution in [0.3, 0.4) is 0 Å². The maximum absolute atomic E-state index is 13.0. The fraction of sp³-hybridized carbons (Fsp3) is 0.278. The molecule has 0 saturated carbocycles. The highest BCUT2D eigenvalue weighted by Crippen LogP contribution is 2.24. The first-order valence-electron chi connectivity index (χ1n) is 7.52. The van der Waals surface area contributed by atoms with Crippen molar-refractivity contribution in [3.05, 3.63) is 64.4 Å². The van der Waals surface area contributed by atoms with Crippen molar-refractivity contribution in [2.24, 2.45) is 0 Å². The molecule has 128 valence electrons. The Hall–Kier alpha value is -2.11. The summed E-state index contributed by atoms with van der Waals surface area (Å²) in [7, 11) is 3.99. The number of carbonyl (C=O) groups is 1. The summed E-state index contributed by atoms with van der Waals surface area (Å²) in [4.78, 5) is 14.0. The van der Waals surface area contributed by atoms with Crippen LogP contribution >= 0.6 is 11.6 Å². The van der Waals surface area contributed by atoms with Gasteiger partial charge < -0.3 is 15.0 Å². The van der Waals surface area contributed by atoms with Crippen LogP contribution in [0.15, 0.2) is 42.5 Å². The molecule has 0 spiro atoms. The molecule has 4 nitrogen and oxygen atoms in total. The Morgan fingerprint density at radius 2 is 1.92 bits per heavy atom. The lowest BCUT2D eigenvalue weighted by molar-refractivity contribution is -0.123. The van der Waals surface area contributed by atoms with Gasteiger partial charge in [0.25, 0.3) is 5.91 Å². The van der Waals surface area contributed by atoms with Gasteiger partial charge >= 0.3 is 0 Å². The van der Waals surface area contributed by atoms with E-state index >= 15 is 0 Å². The van der Waals surface area contributed by atoms with Crippen molar-refractivity contribution in [3.63, 3.8) is 0 Å². The van der Waals surface area contributed by atoms with Gasteiger partial charge in [0, 0.05) is 13.1 Å². The highest BCUT2D eigenvalue weighted by molar-refractivity contribution is 6.32. The van der Waals surface area contributed by atoms with Crippen LogP contribution in [0.5, 0.6) is 5.75 Å². The quantitative estimate of drug-likeness (QED) is 0.833. The molecule has 0 heterocycles. The Morgan fingerprint density at radius 3 is 2.58 bits per heavy atom. The molecule has 0 bridgehead atoms. The van der Waals surface area contributed by atoms with Gasteiger partial charge in [0.2, 0.25) is 0 Å². The van der Waals surface area contributed by atoms with Gasteiger partial charge in [0.05, 0.1) is 5.02 Å². The van der Waals surface area contributed by atoms with E-state index in [4.69, 9.17) is 16.3 Å². The molecule has 6 heteroatoms. The Bertz CT molecular complexity index is 707. The first kappa shape index (κ1) is 18.2. The van der Waals surface area contributed by atoms with E-state index in [1.165, 1.54) is 12.1 Å². The van der Waals surface area contributed by atoms with Crippen LogP contribution in [-0.4, -0.2) is 31.5 Å². The molecule has 0 radical (unpaired) electrons. The molecule has 0 aromatic heterocycles. The number of amides is 1. The van der Waals surface area contributed by atoms with Gasteiger partial charge in [-0.05, 0) is 43.4 Å². The summed E-state index contributed by atoms with van der Waals surface area (Å²) in [6.07, 6.45) is 0. The second-order valence-electron chi connectivity index (χ2n) is 5.65. The largest absolute Gasteiger partial charge is 0.482 e. The maximum Gasteiger partial charge on any atom is 0.258 e. The predicted molar refractivity (Wildman–Crippen MR) is 92.6 cm³/mol. The summed E-state index contributed by atoms with van der Waals surface area (Å²) in [5.41, 5.74) is 2.21. The standard InChI is InChI=1S/C18H20ClFN2O2/c1-22(2)11-14-6-4-3-5-13(14)10-21-18(23)12-24-17-8-7-15(20)9-16(17)19/h3-9H,10-12H2,1-2H3,(H,21,23). The van der Waals surface area contributed by atoms with E-state index in [1.807, 2.05) is 38.4 Å². The number of hydrogen-bond acceptors (Lipinski definition) is 3. The van der Waals surface area contributed by atoms with E-state index in [-0.39, 0.29) is 23.3 Å². The van der Waals surface area contributed by atoms with E-state index in [1.54, 1.807) is 0 Å². The van der Waals surface area contributed by atoms with Crippen LogP contribution in [0.25, 0.3) is 0 Å². The minimum absolute atomic E-state index is 0.138. The number of halogens is 2. The van der Waals surface area contributed by atoms with Gasteiger partial charge in [-0.15, -0.1) is 0 Å². The Labute approximate surface area is 146 Å². The maximum atomic E-state index is 13.0. The second-order valence-corrected chi connectivity index (χ2v) is 6.05. The van der Waals surface area contributed by atoms with E-state index in [0.29, 0.717) is 6.54 Å². The average Bonchev–Trinajstić information content (AvgIpc) is 2.52. The van der Waals surface area contributed by atoms with Crippen molar-refractivity contribution in [3.8, 4) is 5.75 Å². The molecule has 1 N–H and O–H groups in total. The minimum Gasteiger partial charge on any atom is -0.482 e.